The van der Waals surface area contributed by atoms with Crippen molar-refractivity contribution in [1.29, 1.82) is 0 Å². The fraction of sp³-hybridized carbons (Fsp3) is 0.667. The van der Waals surface area contributed by atoms with Crippen LogP contribution in [0.2, 0.25) is 0 Å². The molecule has 1 heterocycles. The number of ether oxygens (including phenoxy) is 1. The van der Waals surface area contributed by atoms with Gasteiger partial charge in [0, 0.05) is 37.1 Å². The summed E-state index contributed by atoms with van der Waals surface area (Å²) in [6.45, 7) is 12.4. The van der Waals surface area contributed by atoms with Crippen LogP contribution in [0.15, 0.2) is 29.3 Å². The van der Waals surface area contributed by atoms with E-state index in [2.05, 4.69) is 36.3 Å². The van der Waals surface area contributed by atoms with Gasteiger partial charge in [-0.2, -0.15) is 0 Å². The highest BCUT2D eigenvalue weighted by atomic mass is 127. The lowest BCUT2D eigenvalue weighted by Gasteiger charge is -2.40. The van der Waals surface area contributed by atoms with Crippen LogP contribution in [-0.2, 0) is 10.2 Å². The summed E-state index contributed by atoms with van der Waals surface area (Å²) >= 11 is 0. The molecule has 5 nitrogen and oxygen atoms in total. The van der Waals surface area contributed by atoms with E-state index in [1.54, 1.807) is 12.1 Å². The highest BCUT2D eigenvalue weighted by Crippen LogP contribution is 2.47. The van der Waals surface area contributed by atoms with Crippen LogP contribution in [0.3, 0.4) is 0 Å². The van der Waals surface area contributed by atoms with Gasteiger partial charge in [-0.15, -0.1) is 24.0 Å². The van der Waals surface area contributed by atoms with Gasteiger partial charge in [0.2, 0.25) is 0 Å². The van der Waals surface area contributed by atoms with Gasteiger partial charge in [0.1, 0.15) is 5.82 Å². The van der Waals surface area contributed by atoms with E-state index in [1.165, 1.54) is 6.07 Å². The van der Waals surface area contributed by atoms with E-state index in [0.29, 0.717) is 0 Å². The molecular weight excluding hydrogens is 470 g/mol. The molecular formula is C21H34FIN4O. The number of guanidine groups is 1. The Kier molecular flexibility index (Phi) is 8.51. The summed E-state index contributed by atoms with van der Waals surface area (Å²) in [5, 5.41) is 6.83. The van der Waals surface area contributed by atoms with Crippen LogP contribution >= 0.6 is 24.0 Å². The summed E-state index contributed by atoms with van der Waals surface area (Å²) < 4.78 is 19.1. The lowest BCUT2D eigenvalue weighted by molar-refractivity contribution is -0.00683. The van der Waals surface area contributed by atoms with E-state index in [4.69, 9.17) is 9.73 Å². The van der Waals surface area contributed by atoms with Gasteiger partial charge in [-0.25, -0.2) is 4.39 Å². The van der Waals surface area contributed by atoms with Crippen LogP contribution < -0.4 is 10.6 Å². The first-order valence-corrected chi connectivity index (χ1v) is 10.1. The van der Waals surface area contributed by atoms with E-state index in [-0.39, 0.29) is 40.7 Å². The highest BCUT2D eigenvalue weighted by Gasteiger charge is 2.44. The molecule has 7 heteroatoms. The SMILES string of the molecule is CCNC(=NCC(C)(C)N1CCOCC1)NCC1(c2cccc(F)c2)CC1.I. The molecule has 1 aromatic carbocycles. The fourth-order valence-corrected chi connectivity index (χ4v) is 3.67. The van der Waals surface area contributed by atoms with Crippen molar-refractivity contribution in [2.45, 2.75) is 44.6 Å². The minimum atomic E-state index is -0.161. The second-order valence-electron chi connectivity index (χ2n) is 8.25. The zero-order valence-corrected chi connectivity index (χ0v) is 19.6. The van der Waals surface area contributed by atoms with Gasteiger partial charge < -0.3 is 15.4 Å². The van der Waals surface area contributed by atoms with Gasteiger partial charge in [-0.1, -0.05) is 12.1 Å². The third-order valence-corrected chi connectivity index (χ3v) is 5.72. The molecule has 2 aliphatic rings. The monoisotopic (exact) mass is 504 g/mol. The van der Waals surface area contributed by atoms with E-state index >= 15 is 0 Å². The molecule has 0 aromatic heterocycles. The maximum Gasteiger partial charge on any atom is 0.191 e. The first kappa shape index (κ1) is 23.3. The van der Waals surface area contributed by atoms with E-state index in [9.17, 15) is 4.39 Å². The van der Waals surface area contributed by atoms with Crippen molar-refractivity contribution in [1.82, 2.24) is 15.5 Å². The van der Waals surface area contributed by atoms with Crippen LogP contribution in [0.1, 0.15) is 39.2 Å². The Morgan fingerprint density at radius 2 is 1.96 bits per heavy atom. The molecule has 2 fully saturated rings. The van der Waals surface area contributed by atoms with Crippen molar-refractivity contribution in [3.05, 3.63) is 35.6 Å². The summed E-state index contributed by atoms with van der Waals surface area (Å²) in [4.78, 5) is 7.28. The summed E-state index contributed by atoms with van der Waals surface area (Å²) in [5.41, 5.74) is 1.11. The Morgan fingerprint density at radius 3 is 2.57 bits per heavy atom. The molecule has 0 amide bonds. The first-order valence-electron chi connectivity index (χ1n) is 10.1. The second kappa shape index (κ2) is 10.2. The quantitative estimate of drug-likeness (QED) is 0.341. The number of hydrogen-bond donors (Lipinski definition) is 2. The number of nitrogens with one attached hydrogen (secondary N) is 2. The summed E-state index contributed by atoms with van der Waals surface area (Å²) in [6, 6.07) is 7.00. The summed E-state index contributed by atoms with van der Waals surface area (Å²) in [5.74, 6) is 0.674. The molecule has 0 radical (unpaired) electrons. The Labute approximate surface area is 185 Å². The van der Waals surface area contributed by atoms with Crippen LogP contribution in [0.25, 0.3) is 0 Å². The number of hydrogen-bond acceptors (Lipinski definition) is 3. The average molecular weight is 504 g/mol. The summed E-state index contributed by atoms with van der Waals surface area (Å²) in [6.07, 6.45) is 2.17. The van der Waals surface area contributed by atoms with Crippen molar-refractivity contribution in [2.75, 3.05) is 45.9 Å². The van der Waals surface area contributed by atoms with Gasteiger partial charge in [-0.05, 0) is 51.3 Å². The second-order valence-corrected chi connectivity index (χ2v) is 8.25. The maximum atomic E-state index is 13.6. The number of nitrogens with zero attached hydrogens (tertiary/aromatic N) is 2. The van der Waals surface area contributed by atoms with Gasteiger partial charge in [-0.3, -0.25) is 9.89 Å². The van der Waals surface area contributed by atoms with Crippen molar-refractivity contribution in [3.63, 3.8) is 0 Å². The third-order valence-electron chi connectivity index (χ3n) is 5.72. The Morgan fingerprint density at radius 1 is 1.25 bits per heavy atom. The number of aliphatic imine (C=N–C) groups is 1. The predicted octanol–water partition coefficient (Wildman–Crippen LogP) is 3.14. The van der Waals surface area contributed by atoms with Crippen LogP contribution in [0, 0.1) is 5.82 Å². The Balaban J connectivity index is 0.00000280. The minimum absolute atomic E-state index is 0. The Hall–Kier alpha value is -0.930. The highest BCUT2D eigenvalue weighted by molar-refractivity contribution is 14.0. The minimum Gasteiger partial charge on any atom is -0.379 e. The molecule has 1 aliphatic heterocycles. The molecule has 2 N–H and O–H groups in total. The van der Waals surface area contributed by atoms with Crippen molar-refractivity contribution < 1.29 is 9.13 Å². The van der Waals surface area contributed by atoms with E-state index < -0.39 is 0 Å². The van der Waals surface area contributed by atoms with Crippen molar-refractivity contribution >= 4 is 29.9 Å². The van der Waals surface area contributed by atoms with Crippen LogP contribution in [-0.4, -0.2) is 62.3 Å². The van der Waals surface area contributed by atoms with Gasteiger partial charge in [0.15, 0.2) is 5.96 Å². The van der Waals surface area contributed by atoms with Crippen LogP contribution in [0.5, 0.6) is 0 Å². The molecule has 0 atom stereocenters. The van der Waals surface area contributed by atoms with E-state index in [1.807, 2.05) is 6.07 Å². The van der Waals surface area contributed by atoms with Gasteiger partial charge >= 0.3 is 0 Å². The number of benzene rings is 1. The van der Waals surface area contributed by atoms with Crippen molar-refractivity contribution in [3.8, 4) is 0 Å². The number of halogens is 2. The largest absolute Gasteiger partial charge is 0.379 e. The molecule has 1 saturated carbocycles. The summed E-state index contributed by atoms with van der Waals surface area (Å²) in [7, 11) is 0. The lowest BCUT2D eigenvalue weighted by atomic mass is 9.96. The molecule has 0 bridgehead atoms. The number of morpholine rings is 1. The molecule has 1 aliphatic carbocycles. The average Bonchev–Trinajstić information content (AvgIpc) is 3.46. The van der Waals surface area contributed by atoms with Crippen molar-refractivity contribution in [2.24, 2.45) is 4.99 Å². The van der Waals surface area contributed by atoms with Crippen LogP contribution in [0.4, 0.5) is 4.39 Å². The third kappa shape index (κ3) is 6.03. The Bertz CT molecular complexity index is 658. The van der Waals surface area contributed by atoms with Gasteiger partial charge in [0.05, 0.1) is 19.8 Å². The molecule has 1 saturated heterocycles. The normalized spacial score (nSPS) is 19.6. The molecule has 0 spiro atoms. The maximum absolute atomic E-state index is 13.6. The fourth-order valence-electron chi connectivity index (χ4n) is 3.67. The lowest BCUT2D eigenvalue weighted by Crippen LogP contribution is -2.52. The predicted molar refractivity (Wildman–Crippen MR) is 123 cm³/mol. The topological polar surface area (TPSA) is 48.9 Å². The van der Waals surface area contributed by atoms with E-state index in [0.717, 1.165) is 70.3 Å². The smallest absolute Gasteiger partial charge is 0.191 e. The zero-order valence-electron chi connectivity index (χ0n) is 17.3. The molecule has 28 heavy (non-hydrogen) atoms. The van der Waals surface area contributed by atoms with Gasteiger partial charge in [0.25, 0.3) is 0 Å². The molecule has 3 rings (SSSR count). The zero-order chi connectivity index (χ0) is 19.3. The standard InChI is InChI=1S/C21H33FN4O.HI/c1-4-23-19(24-15-20(2,3)26-10-12-27-13-11-26)25-16-21(8-9-21)17-6-5-7-18(22)14-17;/h5-7,14H,4,8-13,15-16H2,1-3H3,(H2,23,24,25);1H. The molecule has 158 valence electrons. The molecule has 1 aromatic rings. The number of rotatable bonds is 7. The first-order chi connectivity index (χ1) is 13.0. The molecule has 0 unspecified atom stereocenters.